The van der Waals surface area contributed by atoms with Crippen molar-refractivity contribution in [1.29, 1.82) is 0 Å². The fourth-order valence-electron chi connectivity index (χ4n) is 1.65. The van der Waals surface area contributed by atoms with E-state index in [1.54, 1.807) is 12.1 Å². The molecule has 0 aliphatic heterocycles. The molecule has 0 fully saturated rings. The molecule has 21 heavy (non-hydrogen) atoms. The quantitative estimate of drug-likeness (QED) is 0.792. The lowest BCUT2D eigenvalue weighted by atomic mass is 10.2. The summed E-state index contributed by atoms with van der Waals surface area (Å²) < 4.78 is 44.6. The number of pyridine rings is 1. The van der Waals surface area contributed by atoms with Crippen LogP contribution in [0, 0.1) is 3.57 Å². The summed E-state index contributed by atoms with van der Waals surface area (Å²) in [5.41, 5.74) is -0.889. The van der Waals surface area contributed by atoms with Crippen LogP contribution in [-0.4, -0.2) is 24.5 Å². The van der Waals surface area contributed by atoms with Gasteiger partial charge in [0.1, 0.15) is 11.4 Å². The molecule has 1 amide bonds. The standard InChI is InChI=1S/C13H10F3IN2O2/c1-18-12(20)6-21-10-5-11(13(14,15)16)19-9-3-2-7(17)4-8(9)10/h2-5H,6H2,1H3,(H,18,20). The zero-order valence-electron chi connectivity index (χ0n) is 10.8. The molecule has 4 nitrogen and oxygen atoms in total. The number of ether oxygens (including phenoxy) is 1. The second-order valence-electron chi connectivity index (χ2n) is 4.13. The van der Waals surface area contributed by atoms with Gasteiger partial charge in [-0.1, -0.05) is 0 Å². The minimum Gasteiger partial charge on any atom is -0.483 e. The van der Waals surface area contributed by atoms with Gasteiger partial charge < -0.3 is 10.1 Å². The van der Waals surface area contributed by atoms with Crippen molar-refractivity contribution < 1.29 is 22.7 Å². The van der Waals surface area contributed by atoms with Gasteiger partial charge in [0.05, 0.1) is 5.52 Å². The van der Waals surface area contributed by atoms with Crippen molar-refractivity contribution in [3.05, 3.63) is 33.5 Å². The lowest BCUT2D eigenvalue weighted by Crippen LogP contribution is -2.25. The van der Waals surface area contributed by atoms with E-state index in [0.717, 1.165) is 9.64 Å². The fraction of sp³-hybridized carbons (Fsp3) is 0.231. The molecule has 1 heterocycles. The summed E-state index contributed by atoms with van der Waals surface area (Å²) in [6, 6.07) is 5.60. The molecule has 0 bridgehead atoms. The van der Waals surface area contributed by atoms with Crippen LogP contribution in [0.3, 0.4) is 0 Å². The summed E-state index contributed by atoms with van der Waals surface area (Å²) in [6.07, 6.45) is -4.58. The molecule has 0 saturated heterocycles. The molecule has 1 aromatic carbocycles. The van der Waals surface area contributed by atoms with Crippen molar-refractivity contribution in [3.8, 4) is 5.75 Å². The van der Waals surface area contributed by atoms with Gasteiger partial charge in [0.15, 0.2) is 6.61 Å². The molecule has 0 unspecified atom stereocenters. The van der Waals surface area contributed by atoms with E-state index >= 15 is 0 Å². The van der Waals surface area contributed by atoms with Crippen LogP contribution in [0.15, 0.2) is 24.3 Å². The van der Waals surface area contributed by atoms with Crippen LogP contribution < -0.4 is 10.1 Å². The highest BCUT2D eigenvalue weighted by Gasteiger charge is 2.33. The molecule has 0 spiro atoms. The number of nitrogens with zero attached hydrogens (tertiary/aromatic N) is 1. The van der Waals surface area contributed by atoms with E-state index < -0.39 is 17.8 Å². The van der Waals surface area contributed by atoms with E-state index in [-0.39, 0.29) is 17.9 Å². The van der Waals surface area contributed by atoms with Crippen molar-refractivity contribution >= 4 is 39.4 Å². The lowest BCUT2D eigenvalue weighted by molar-refractivity contribution is -0.141. The molecule has 0 atom stereocenters. The van der Waals surface area contributed by atoms with Gasteiger partial charge in [0, 0.05) is 22.1 Å². The number of benzene rings is 1. The Morgan fingerprint density at radius 3 is 2.71 bits per heavy atom. The van der Waals surface area contributed by atoms with Crippen LogP contribution in [-0.2, 0) is 11.0 Å². The predicted octanol–water partition coefficient (Wildman–Crippen LogP) is 2.98. The van der Waals surface area contributed by atoms with E-state index in [1.807, 2.05) is 22.6 Å². The molecule has 0 aliphatic carbocycles. The number of carbonyl (C=O) groups excluding carboxylic acids is 1. The molecule has 112 valence electrons. The maximum Gasteiger partial charge on any atom is 0.433 e. The Bertz CT molecular complexity index is 689. The first-order valence-electron chi connectivity index (χ1n) is 5.82. The highest BCUT2D eigenvalue weighted by Crippen LogP contribution is 2.34. The molecule has 1 aromatic heterocycles. The Hall–Kier alpha value is -1.58. The Kier molecular flexibility index (Phi) is 4.55. The number of halogens is 4. The minimum atomic E-state index is -4.58. The zero-order valence-corrected chi connectivity index (χ0v) is 12.9. The molecule has 1 N–H and O–H groups in total. The van der Waals surface area contributed by atoms with Gasteiger partial charge in [0.2, 0.25) is 0 Å². The number of rotatable bonds is 3. The van der Waals surface area contributed by atoms with Crippen molar-refractivity contribution in [1.82, 2.24) is 10.3 Å². The minimum absolute atomic E-state index is 0.0190. The van der Waals surface area contributed by atoms with Gasteiger partial charge >= 0.3 is 6.18 Å². The van der Waals surface area contributed by atoms with E-state index in [9.17, 15) is 18.0 Å². The second-order valence-corrected chi connectivity index (χ2v) is 5.37. The number of hydrogen-bond acceptors (Lipinski definition) is 3. The number of aromatic nitrogens is 1. The summed E-state index contributed by atoms with van der Waals surface area (Å²) >= 11 is 2.03. The number of hydrogen-bond donors (Lipinski definition) is 1. The molecule has 8 heteroatoms. The van der Waals surface area contributed by atoms with Gasteiger partial charge in [-0.2, -0.15) is 13.2 Å². The normalized spacial score (nSPS) is 11.5. The summed E-state index contributed by atoms with van der Waals surface area (Å²) in [4.78, 5) is 14.8. The van der Waals surface area contributed by atoms with Crippen LogP contribution in [0.2, 0.25) is 0 Å². The monoisotopic (exact) mass is 410 g/mol. The number of alkyl halides is 3. The molecule has 0 radical (unpaired) electrons. The van der Waals surface area contributed by atoms with Gasteiger partial charge in [-0.15, -0.1) is 0 Å². The maximum absolute atomic E-state index is 12.8. The van der Waals surface area contributed by atoms with Gasteiger partial charge in [-0.05, 0) is 40.8 Å². The summed E-state index contributed by atoms with van der Waals surface area (Å²) in [5.74, 6) is -0.450. The van der Waals surface area contributed by atoms with Crippen LogP contribution in [0.25, 0.3) is 10.9 Å². The lowest BCUT2D eigenvalue weighted by Gasteiger charge is -2.12. The largest absolute Gasteiger partial charge is 0.483 e. The molecule has 0 aliphatic rings. The molecule has 2 aromatic rings. The van der Waals surface area contributed by atoms with Gasteiger partial charge in [-0.25, -0.2) is 4.98 Å². The van der Waals surface area contributed by atoms with Crippen molar-refractivity contribution in [2.45, 2.75) is 6.18 Å². The average molecular weight is 410 g/mol. The summed E-state index contributed by atoms with van der Waals surface area (Å²) in [5, 5.41) is 2.77. The highest BCUT2D eigenvalue weighted by molar-refractivity contribution is 14.1. The third-order valence-corrected chi connectivity index (χ3v) is 3.33. The third-order valence-electron chi connectivity index (χ3n) is 2.66. The van der Waals surface area contributed by atoms with Crippen LogP contribution in [0.4, 0.5) is 13.2 Å². The van der Waals surface area contributed by atoms with Crippen LogP contribution in [0.5, 0.6) is 5.75 Å². The first-order valence-corrected chi connectivity index (χ1v) is 6.90. The Morgan fingerprint density at radius 1 is 1.38 bits per heavy atom. The number of likely N-dealkylation sites (N-methyl/N-ethyl adjacent to an activating group) is 1. The van der Waals surface area contributed by atoms with Crippen LogP contribution in [0.1, 0.15) is 5.69 Å². The van der Waals surface area contributed by atoms with Crippen molar-refractivity contribution in [2.24, 2.45) is 0 Å². The molecular formula is C13H10F3IN2O2. The molecular weight excluding hydrogens is 400 g/mol. The van der Waals surface area contributed by atoms with E-state index in [2.05, 4.69) is 10.3 Å². The fourth-order valence-corrected chi connectivity index (χ4v) is 2.14. The topological polar surface area (TPSA) is 51.2 Å². The van der Waals surface area contributed by atoms with Crippen molar-refractivity contribution in [2.75, 3.05) is 13.7 Å². The van der Waals surface area contributed by atoms with E-state index in [1.165, 1.54) is 13.1 Å². The number of fused-ring (bicyclic) bond motifs is 1. The predicted molar refractivity (Wildman–Crippen MR) is 79.0 cm³/mol. The first kappa shape index (κ1) is 15.8. The highest BCUT2D eigenvalue weighted by atomic mass is 127. The third kappa shape index (κ3) is 3.74. The summed E-state index contributed by atoms with van der Waals surface area (Å²) in [6.45, 7) is -0.363. The SMILES string of the molecule is CNC(=O)COc1cc(C(F)(F)F)nc2ccc(I)cc12. The number of carbonyl (C=O) groups is 1. The first-order chi connectivity index (χ1) is 9.81. The number of nitrogens with one attached hydrogen (secondary N) is 1. The van der Waals surface area contributed by atoms with Crippen molar-refractivity contribution in [3.63, 3.8) is 0 Å². The summed E-state index contributed by atoms with van der Waals surface area (Å²) in [7, 11) is 1.42. The van der Waals surface area contributed by atoms with Crippen LogP contribution >= 0.6 is 22.6 Å². The maximum atomic E-state index is 12.8. The van der Waals surface area contributed by atoms with E-state index in [0.29, 0.717) is 5.39 Å². The Balaban J connectivity index is 2.52. The smallest absolute Gasteiger partial charge is 0.433 e. The van der Waals surface area contributed by atoms with E-state index in [4.69, 9.17) is 4.74 Å². The van der Waals surface area contributed by atoms with Gasteiger partial charge in [-0.3, -0.25) is 4.79 Å². The number of amides is 1. The Labute approximate surface area is 131 Å². The molecule has 0 saturated carbocycles. The van der Waals surface area contributed by atoms with Gasteiger partial charge in [0.25, 0.3) is 5.91 Å². The Morgan fingerprint density at radius 2 is 2.10 bits per heavy atom. The zero-order chi connectivity index (χ0) is 15.6. The molecule has 2 rings (SSSR count). The average Bonchev–Trinajstić information content (AvgIpc) is 2.43. The second kappa shape index (κ2) is 6.04.